The minimum atomic E-state index is -4.87. The third kappa shape index (κ3) is 7.95. The van der Waals surface area contributed by atoms with Gasteiger partial charge in [-0.15, -0.1) is 0 Å². The summed E-state index contributed by atoms with van der Waals surface area (Å²) in [7, 11) is 0. The summed E-state index contributed by atoms with van der Waals surface area (Å²) in [6.07, 6.45) is -16.1. The first-order chi connectivity index (χ1) is 21.5. The first kappa shape index (κ1) is 35.9. The van der Waals surface area contributed by atoms with Crippen LogP contribution in [0.25, 0.3) is 11.3 Å². The lowest BCUT2D eigenvalue weighted by Crippen LogP contribution is -2.42. The Kier molecular flexibility index (Phi) is 9.59. The molecular weight excluding hydrogens is 723 g/mol. The van der Waals surface area contributed by atoms with Gasteiger partial charge in [-0.25, -0.2) is 19.6 Å². The molecule has 20 heteroatoms. The van der Waals surface area contributed by atoms with Crippen molar-refractivity contribution >= 4 is 28.1 Å². The number of hydrogen-bond acceptors (Lipinski definition) is 5. The second-order valence-electron chi connectivity index (χ2n) is 11.4. The lowest BCUT2D eigenvalue weighted by Gasteiger charge is -2.31. The van der Waals surface area contributed by atoms with Crippen molar-refractivity contribution in [2.45, 2.75) is 71.1 Å². The first-order valence-electron chi connectivity index (χ1n) is 13.6. The Balaban J connectivity index is 0.000000248. The molecule has 258 valence electrons. The van der Waals surface area contributed by atoms with Gasteiger partial charge in [0.25, 0.3) is 0 Å². The standard InChI is InChI=1S/C19H19F6N3O2.C8H7BrF3N3O2/c1-17(2,3)30-16(29)27-8-9-28-13(10-27)14(26-15(28)19(23,24)25)11-6-4-5-7-12(11)18(20,21)22;9-5-4-3-14(7(16)17)1-2-15(4)6(13-5)8(10,11)12/h4-7H,8-10H2,1-3H3;1-3H2,(H,16,17). The molecule has 1 aromatic carbocycles. The number of alkyl halides is 9. The van der Waals surface area contributed by atoms with E-state index in [9.17, 15) is 49.1 Å². The number of nitrogens with zero attached hydrogens (tertiary/aromatic N) is 6. The van der Waals surface area contributed by atoms with Gasteiger partial charge < -0.3 is 28.8 Å². The summed E-state index contributed by atoms with van der Waals surface area (Å²) in [6.45, 7) is 4.04. The van der Waals surface area contributed by atoms with Crippen LogP contribution in [0.4, 0.5) is 49.1 Å². The Morgan fingerprint density at radius 1 is 0.766 bits per heavy atom. The van der Waals surface area contributed by atoms with E-state index >= 15 is 0 Å². The van der Waals surface area contributed by atoms with Crippen LogP contribution < -0.4 is 0 Å². The maximum absolute atomic E-state index is 13.5. The highest BCUT2D eigenvalue weighted by molar-refractivity contribution is 9.10. The van der Waals surface area contributed by atoms with Crippen LogP contribution >= 0.6 is 15.9 Å². The molecule has 0 saturated heterocycles. The number of benzene rings is 1. The molecule has 10 nitrogen and oxygen atoms in total. The third-order valence-electron chi connectivity index (χ3n) is 6.88. The van der Waals surface area contributed by atoms with Crippen LogP contribution in [0.1, 0.15) is 49.4 Å². The number of carbonyl (C=O) groups excluding carboxylic acids is 1. The predicted molar refractivity (Wildman–Crippen MR) is 148 cm³/mol. The monoisotopic (exact) mass is 748 g/mol. The van der Waals surface area contributed by atoms with Gasteiger partial charge in [-0.3, -0.25) is 0 Å². The molecule has 0 unspecified atom stereocenters. The largest absolute Gasteiger partial charge is 0.465 e. The van der Waals surface area contributed by atoms with Gasteiger partial charge in [-0.1, -0.05) is 18.2 Å². The zero-order valence-electron chi connectivity index (χ0n) is 24.7. The molecule has 0 atom stereocenters. The molecule has 2 aromatic heterocycles. The molecule has 0 saturated carbocycles. The number of ether oxygens (including phenoxy) is 1. The maximum Gasteiger partial charge on any atom is 0.449 e. The van der Waals surface area contributed by atoms with Crippen molar-refractivity contribution in [3.63, 3.8) is 0 Å². The lowest BCUT2D eigenvalue weighted by atomic mass is 10.0. The van der Waals surface area contributed by atoms with E-state index in [4.69, 9.17) is 9.84 Å². The molecule has 5 rings (SSSR count). The summed E-state index contributed by atoms with van der Waals surface area (Å²) in [5.41, 5.74) is -2.77. The van der Waals surface area contributed by atoms with Crippen molar-refractivity contribution in [3.8, 4) is 11.3 Å². The van der Waals surface area contributed by atoms with Gasteiger partial charge in [0.05, 0.1) is 35.7 Å². The van der Waals surface area contributed by atoms with Crippen molar-refractivity contribution in [3.05, 3.63) is 57.5 Å². The first-order valence-corrected chi connectivity index (χ1v) is 14.4. The fraction of sp³-hybridized carbons (Fsp3) is 0.481. The average Bonchev–Trinajstić information content (AvgIpc) is 3.49. The van der Waals surface area contributed by atoms with Gasteiger partial charge in [-0.05, 0) is 42.8 Å². The molecule has 47 heavy (non-hydrogen) atoms. The highest BCUT2D eigenvalue weighted by Gasteiger charge is 2.43. The van der Waals surface area contributed by atoms with E-state index in [2.05, 4.69) is 25.9 Å². The fourth-order valence-electron chi connectivity index (χ4n) is 4.93. The molecule has 0 fully saturated rings. The van der Waals surface area contributed by atoms with Gasteiger partial charge in [0.15, 0.2) is 0 Å². The van der Waals surface area contributed by atoms with Gasteiger partial charge in [0.2, 0.25) is 11.6 Å². The van der Waals surface area contributed by atoms with Crippen molar-refractivity contribution < 1.29 is 58.9 Å². The Bertz CT molecular complexity index is 1660. The molecule has 0 spiro atoms. The minimum Gasteiger partial charge on any atom is -0.465 e. The number of carbonyl (C=O) groups is 2. The maximum atomic E-state index is 13.5. The Labute approximate surface area is 268 Å². The molecule has 0 aliphatic carbocycles. The zero-order chi connectivity index (χ0) is 35.3. The van der Waals surface area contributed by atoms with Crippen molar-refractivity contribution in [2.75, 3.05) is 13.1 Å². The van der Waals surface area contributed by atoms with E-state index in [0.717, 1.165) is 37.1 Å². The molecule has 3 aromatic rings. The topological polar surface area (TPSA) is 106 Å². The number of halogens is 10. The molecule has 0 bridgehead atoms. The number of amides is 2. The summed E-state index contributed by atoms with van der Waals surface area (Å²) in [4.78, 5) is 32.2. The third-order valence-corrected chi connectivity index (χ3v) is 7.52. The Morgan fingerprint density at radius 2 is 1.28 bits per heavy atom. The Hall–Kier alpha value is -3.97. The molecule has 2 aliphatic heterocycles. The van der Waals surface area contributed by atoms with Crippen LogP contribution in [-0.2, 0) is 49.4 Å². The molecule has 2 aliphatic rings. The number of rotatable bonds is 1. The normalized spacial score (nSPS) is 15.4. The van der Waals surface area contributed by atoms with E-state index < -0.39 is 64.8 Å². The predicted octanol–water partition coefficient (Wildman–Crippen LogP) is 7.50. The number of aromatic nitrogens is 4. The smallest absolute Gasteiger partial charge is 0.449 e. The van der Waals surface area contributed by atoms with Gasteiger partial charge in [0.1, 0.15) is 10.2 Å². The van der Waals surface area contributed by atoms with Crippen molar-refractivity contribution in [1.82, 2.24) is 28.9 Å². The second-order valence-corrected chi connectivity index (χ2v) is 12.1. The molecule has 2 amide bonds. The molecule has 4 heterocycles. The summed E-state index contributed by atoms with van der Waals surface area (Å²) in [5, 5.41) is 8.78. The van der Waals surface area contributed by atoms with Crippen LogP contribution in [0.2, 0.25) is 0 Å². The summed E-state index contributed by atoms with van der Waals surface area (Å²) in [5.74, 6) is -2.29. The Morgan fingerprint density at radius 3 is 1.81 bits per heavy atom. The van der Waals surface area contributed by atoms with Crippen LogP contribution in [0.5, 0.6) is 0 Å². The molecule has 0 radical (unpaired) electrons. The minimum absolute atomic E-state index is 0.0220. The number of imidazole rings is 2. The van der Waals surface area contributed by atoms with Crippen LogP contribution in [0, 0.1) is 0 Å². The summed E-state index contributed by atoms with van der Waals surface area (Å²) >= 11 is 2.92. The van der Waals surface area contributed by atoms with E-state index in [1.54, 1.807) is 20.8 Å². The van der Waals surface area contributed by atoms with E-state index in [1.807, 2.05) is 0 Å². The van der Waals surface area contributed by atoms with E-state index in [-0.39, 0.29) is 55.3 Å². The highest BCUT2D eigenvalue weighted by atomic mass is 79.9. The number of hydrogen-bond donors (Lipinski definition) is 1. The summed E-state index contributed by atoms with van der Waals surface area (Å²) in [6, 6.07) is 4.28. The van der Waals surface area contributed by atoms with Crippen LogP contribution in [0.3, 0.4) is 0 Å². The lowest BCUT2D eigenvalue weighted by molar-refractivity contribution is -0.148. The molecule has 1 N–H and O–H groups in total. The second kappa shape index (κ2) is 12.6. The zero-order valence-corrected chi connectivity index (χ0v) is 26.3. The van der Waals surface area contributed by atoms with E-state index in [1.165, 1.54) is 6.07 Å². The quantitative estimate of drug-likeness (QED) is 0.259. The van der Waals surface area contributed by atoms with Gasteiger partial charge in [0, 0.05) is 31.7 Å². The number of fused-ring (bicyclic) bond motifs is 2. The summed E-state index contributed by atoms with van der Waals surface area (Å²) < 4.78 is 126. The number of carboxylic acid groups (broad SMARTS) is 1. The van der Waals surface area contributed by atoms with Gasteiger partial charge >= 0.3 is 30.7 Å². The van der Waals surface area contributed by atoms with Crippen molar-refractivity contribution in [2.24, 2.45) is 0 Å². The van der Waals surface area contributed by atoms with Gasteiger partial charge in [-0.2, -0.15) is 39.5 Å². The average molecular weight is 749 g/mol. The highest BCUT2D eigenvalue weighted by Crippen LogP contribution is 2.41. The van der Waals surface area contributed by atoms with Crippen LogP contribution in [0.15, 0.2) is 28.9 Å². The fourth-order valence-corrected chi connectivity index (χ4v) is 5.44. The van der Waals surface area contributed by atoms with E-state index in [0.29, 0.717) is 0 Å². The SMILES string of the molecule is CC(C)(C)OC(=O)N1CCn2c(C(F)(F)F)nc(-c3ccccc3C(F)(F)F)c2C1.O=C(O)N1CCn2c(C(F)(F)F)nc(Br)c2C1. The van der Waals surface area contributed by atoms with Crippen molar-refractivity contribution in [1.29, 1.82) is 0 Å². The molecular formula is C27H26BrF9N6O4. The van der Waals surface area contributed by atoms with Crippen LogP contribution in [-0.4, -0.2) is 64.9 Å².